The van der Waals surface area contributed by atoms with Crippen molar-refractivity contribution in [3.63, 3.8) is 0 Å². The van der Waals surface area contributed by atoms with Crippen LogP contribution >= 0.6 is 0 Å². The fraction of sp³-hybridized carbons (Fsp3) is 0.545. The summed E-state index contributed by atoms with van der Waals surface area (Å²) in [7, 11) is 1.76. The Bertz CT molecular complexity index is 676. The lowest BCUT2D eigenvalue weighted by Crippen LogP contribution is -2.33. The quantitative estimate of drug-likeness (QED) is 0.737. The number of nitrogens with zero attached hydrogens (tertiary/aromatic N) is 3. The van der Waals surface area contributed by atoms with E-state index in [9.17, 15) is 0 Å². The molecule has 1 aliphatic heterocycles. The van der Waals surface area contributed by atoms with Crippen molar-refractivity contribution in [1.82, 2.24) is 14.9 Å². The van der Waals surface area contributed by atoms with Crippen LogP contribution in [0.15, 0.2) is 36.7 Å². The van der Waals surface area contributed by atoms with E-state index in [1.807, 2.05) is 18.5 Å². The van der Waals surface area contributed by atoms with Crippen molar-refractivity contribution in [3.05, 3.63) is 53.6 Å². The number of methoxy groups -OCH3 is 1. The van der Waals surface area contributed by atoms with Gasteiger partial charge in [-0.25, -0.2) is 9.97 Å². The van der Waals surface area contributed by atoms with Crippen LogP contribution in [0.1, 0.15) is 56.0 Å². The van der Waals surface area contributed by atoms with E-state index in [0.29, 0.717) is 5.92 Å². The van der Waals surface area contributed by atoms with Crippen LogP contribution in [0.5, 0.6) is 5.75 Å². The van der Waals surface area contributed by atoms with Gasteiger partial charge in [0.1, 0.15) is 11.6 Å². The van der Waals surface area contributed by atoms with Gasteiger partial charge in [0.2, 0.25) is 0 Å². The van der Waals surface area contributed by atoms with E-state index in [1.165, 1.54) is 43.5 Å². The highest BCUT2D eigenvalue weighted by molar-refractivity contribution is 5.33. The Morgan fingerprint density at radius 2 is 1.81 bits per heavy atom. The summed E-state index contributed by atoms with van der Waals surface area (Å²) in [5.41, 5.74) is 2.56. The van der Waals surface area contributed by atoms with Crippen LogP contribution in [-0.4, -0.2) is 35.1 Å². The highest BCUT2D eigenvalue weighted by Crippen LogP contribution is 2.26. The number of aryl methyl sites for hydroxylation is 1. The molecule has 2 heterocycles. The fourth-order valence-electron chi connectivity index (χ4n) is 3.71. The first kappa shape index (κ1) is 18.8. The lowest BCUT2D eigenvalue weighted by Gasteiger charge is -2.32. The van der Waals surface area contributed by atoms with Gasteiger partial charge in [-0.1, -0.05) is 32.0 Å². The number of para-hydroxylation sites is 1. The fourth-order valence-corrected chi connectivity index (χ4v) is 3.71. The van der Waals surface area contributed by atoms with Gasteiger partial charge >= 0.3 is 0 Å². The number of likely N-dealkylation sites (tertiary alicyclic amines) is 1. The van der Waals surface area contributed by atoms with E-state index < -0.39 is 0 Å². The van der Waals surface area contributed by atoms with Crippen molar-refractivity contribution in [1.29, 1.82) is 0 Å². The second kappa shape index (κ2) is 9.13. The van der Waals surface area contributed by atoms with Crippen LogP contribution in [0.4, 0.5) is 0 Å². The molecule has 1 aromatic carbocycles. The second-order valence-electron chi connectivity index (χ2n) is 7.67. The molecule has 0 atom stereocenters. The lowest BCUT2D eigenvalue weighted by atomic mass is 9.90. The largest absolute Gasteiger partial charge is 0.496 e. The Hall–Kier alpha value is -1.94. The summed E-state index contributed by atoms with van der Waals surface area (Å²) in [6.45, 7) is 7.57. The maximum Gasteiger partial charge on any atom is 0.130 e. The van der Waals surface area contributed by atoms with Crippen LogP contribution in [0.3, 0.4) is 0 Å². The third kappa shape index (κ3) is 5.04. The summed E-state index contributed by atoms with van der Waals surface area (Å²) in [6.07, 6.45) is 8.91. The topological polar surface area (TPSA) is 38.2 Å². The first-order valence-electron chi connectivity index (χ1n) is 9.80. The summed E-state index contributed by atoms with van der Waals surface area (Å²) in [5.74, 6) is 3.16. The molecule has 0 bridgehead atoms. The Morgan fingerprint density at radius 3 is 2.46 bits per heavy atom. The van der Waals surface area contributed by atoms with E-state index in [-0.39, 0.29) is 0 Å². The van der Waals surface area contributed by atoms with Crippen LogP contribution in [0.25, 0.3) is 0 Å². The summed E-state index contributed by atoms with van der Waals surface area (Å²) in [5, 5.41) is 0. The van der Waals surface area contributed by atoms with Gasteiger partial charge in [0.05, 0.1) is 7.11 Å². The van der Waals surface area contributed by atoms with Crippen LogP contribution < -0.4 is 4.74 Å². The second-order valence-corrected chi connectivity index (χ2v) is 7.67. The highest BCUT2D eigenvalue weighted by Gasteiger charge is 2.20. The van der Waals surface area contributed by atoms with Gasteiger partial charge < -0.3 is 4.74 Å². The van der Waals surface area contributed by atoms with Gasteiger partial charge in [0.15, 0.2) is 0 Å². The Kier molecular flexibility index (Phi) is 6.62. The van der Waals surface area contributed by atoms with Gasteiger partial charge in [0.25, 0.3) is 0 Å². The lowest BCUT2D eigenvalue weighted by molar-refractivity contribution is 0.172. The molecule has 0 unspecified atom stereocenters. The molecule has 4 nitrogen and oxygen atoms in total. The van der Waals surface area contributed by atoms with Gasteiger partial charge in [-0.15, -0.1) is 0 Å². The molecule has 3 rings (SSSR count). The molecule has 4 heteroatoms. The predicted octanol–water partition coefficient (Wildman–Crippen LogP) is 4.45. The minimum absolute atomic E-state index is 0.392. The van der Waals surface area contributed by atoms with Gasteiger partial charge in [-0.05, 0) is 56.3 Å². The maximum atomic E-state index is 5.47. The monoisotopic (exact) mass is 353 g/mol. The summed E-state index contributed by atoms with van der Waals surface area (Å²) in [4.78, 5) is 11.5. The molecule has 140 valence electrons. The van der Waals surface area contributed by atoms with E-state index >= 15 is 0 Å². The number of hydrogen-bond donors (Lipinski definition) is 0. The summed E-state index contributed by atoms with van der Waals surface area (Å²) in [6, 6.07) is 8.39. The van der Waals surface area contributed by atoms with Crippen molar-refractivity contribution >= 4 is 0 Å². The number of rotatable bonds is 7. The molecule has 0 radical (unpaired) electrons. The van der Waals surface area contributed by atoms with Crippen molar-refractivity contribution in [2.45, 2.75) is 52.0 Å². The maximum absolute atomic E-state index is 5.47. The average molecular weight is 354 g/mol. The van der Waals surface area contributed by atoms with Crippen LogP contribution in [0, 0.1) is 5.92 Å². The molecule has 1 saturated heterocycles. The Labute approximate surface area is 157 Å². The molecular weight excluding hydrogens is 322 g/mol. The molecule has 2 aromatic rings. The van der Waals surface area contributed by atoms with Crippen LogP contribution in [0.2, 0.25) is 0 Å². The Morgan fingerprint density at radius 1 is 1.12 bits per heavy atom. The minimum Gasteiger partial charge on any atom is -0.496 e. The zero-order valence-electron chi connectivity index (χ0n) is 16.3. The Balaban J connectivity index is 1.44. The summed E-state index contributed by atoms with van der Waals surface area (Å²) < 4.78 is 5.47. The highest BCUT2D eigenvalue weighted by atomic mass is 16.5. The van der Waals surface area contributed by atoms with Gasteiger partial charge in [0, 0.05) is 30.4 Å². The van der Waals surface area contributed by atoms with Gasteiger partial charge in [-0.3, -0.25) is 4.90 Å². The number of hydrogen-bond acceptors (Lipinski definition) is 4. The molecule has 0 saturated carbocycles. The molecule has 0 aliphatic carbocycles. The third-order valence-electron chi connectivity index (χ3n) is 5.37. The molecule has 26 heavy (non-hydrogen) atoms. The van der Waals surface area contributed by atoms with Crippen LogP contribution in [-0.2, 0) is 13.0 Å². The summed E-state index contributed by atoms with van der Waals surface area (Å²) >= 11 is 0. The van der Waals surface area contributed by atoms with E-state index in [0.717, 1.165) is 30.5 Å². The van der Waals surface area contributed by atoms with E-state index in [1.54, 1.807) is 7.11 Å². The smallest absolute Gasteiger partial charge is 0.130 e. The molecule has 1 aromatic heterocycles. The van der Waals surface area contributed by atoms with Crippen molar-refractivity contribution in [3.8, 4) is 5.75 Å². The molecule has 0 N–H and O–H groups in total. The standard InChI is InChI=1S/C22H31N3O/c1-17(2)22-23-14-19(15-24-22)16-25-12-10-18(11-13-25)8-9-20-6-4-5-7-21(20)26-3/h4-7,14-15,17-18H,8-13,16H2,1-3H3. The molecule has 1 fully saturated rings. The van der Waals surface area contributed by atoms with Crippen molar-refractivity contribution in [2.75, 3.05) is 20.2 Å². The zero-order chi connectivity index (χ0) is 18.4. The predicted molar refractivity (Wildman–Crippen MR) is 105 cm³/mol. The molecular formula is C22H31N3O. The van der Waals surface area contributed by atoms with Crippen molar-refractivity contribution in [2.24, 2.45) is 5.92 Å². The number of ether oxygens (including phenoxy) is 1. The SMILES string of the molecule is COc1ccccc1CCC1CCN(Cc2cnc(C(C)C)nc2)CC1. The van der Waals surface area contributed by atoms with Crippen molar-refractivity contribution < 1.29 is 4.74 Å². The average Bonchev–Trinajstić information content (AvgIpc) is 2.68. The number of aromatic nitrogens is 2. The normalized spacial score (nSPS) is 16.2. The molecule has 1 aliphatic rings. The molecule has 0 spiro atoms. The number of piperidine rings is 1. The molecule has 0 amide bonds. The van der Waals surface area contributed by atoms with E-state index in [2.05, 4.69) is 46.9 Å². The van der Waals surface area contributed by atoms with E-state index in [4.69, 9.17) is 4.74 Å². The third-order valence-corrected chi connectivity index (χ3v) is 5.37. The zero-order valence-corrected chi connectivity index (χ0v) is 16.3. The first-order chi connectivity index (χ1) is 12.7. The first-order valence-corrected chi connectivity index (χ1v) is 9.80. The number of benzene rings is 1. The minimum atomic E-state index is 0.392. The van der Waals surface area contributed by atoms with Gasteiger partial charge in [-0.2, -0.15) is 0 Å².